The monoisotopic (exact) mass is 246 g/mol. The van der Waals surface area contributed by atoms with Crippen LogP contribution in [-0.2, 0) is 7.05 Å². The van der Waals surface area contributed by atoms with Crippen LogP contribution in [0, 0.1) is 0 Å². The molecule has 94 valence electrons. The van der Waals surface area contributed by atoms with Gasteiger partial charge in [-0.25, -0.2) is 0 Å². The number of benzene rings is 1. The molecule has 2 unspecified atom stereocenters. The molecule has 5 nitrogen and oxygen atoms in total. The van der Waals surface area contributed by atoms with Gasteiger partial charge in [0.1, 0.15) is 12.7 Å². The molecule has 2 aromatic rings. The Balaban J connectivity index is 1.79. The van der Waals surface area contributed by atoms with Gasteiger partial charge < -0.3 is 14.6 Å². The quantitative estimate of drug-likeness (QED) is 0.867. The van der Waals surface area contributed by atoms with Crippen LogP contribution in [0.3, 0.4) is 0 Å². The first kappa shape index (κ1) is 11.1. The van der Waals surface area contributed by atoms with Crippen LogP contribution < -0.4 is 9.47 Å². The molecule has 1 aliphatic heterocycles. The third kappa shape index (κ3) is 1.93. The summed E-state index contributed by atoms with van der Waals surface area (Å²) < 4.78 is 12.9. The number of aryl methyl sites for hydroxylation is 1. The van der Waals surface area contributed by atoms with Crippen LogP contribution in [0.2, 0.25) is 0 Å². The summed E-state index contributed by atoms with van der Waals surface area (Å²) in [5.74, 6) is 1.37. The maximum Gasteiger partial charge on any atom is 0.164 e. The van der Waals surface area contributed by atoms with Crippen molar-refractivity contribution in [2.24, 2.45) is 7.05 Å². The van der Waals surface area contributed by atoms with Crippen molar-refractivity contribution in [3.05, 3.63) is 42.2 Å². The molecule has 0 amide bonds. The Bertz CT molecular complexity index is 553. The number of para-hydroxylation sites is 2. The first-order valence-corrected chi connectivity index (χ1v) is 5.80. The van der Waals surface area contributed by atoms with E-state index in [1.165, 1.54) is 0 Å². The predicted octanol–water partition coefficient (Wildman–Crippen LogP) is 1.29. The lowest BCUT2D eigenvalue weighted by molar-refractivity contribution is -0.0134. The minimum atomic E-state index is -0.792. The third-order valence-corrected chi connectivity index (χ3v) is 2.92. The van der Waals surface area contributed by atoms with Gasteiger partial charge in [0.05, 0.1) is 5.69 Å². The van der Waals surface area contributed by atoms with Crippen molar-refractivity contribution in [2.75, 3.05) is 6.61 Å². The number of hydrogen-bond donors (Lipinski definition) is 1. The van der Waals surface area contributed by atoms with E-state index < -0.39 is 12.2 Å². The highest BCUT2D eigenvalue weighted by atomic mass is 16.6. The average Bonchev–Trinajstić information content (AvgIpc) is 2.84. The number of aliphatic hydroxyl groups excluding tert-OH is 1. The van der Waals surface area contributed by atoms with Gasteiger partial charge in [-0.15, -0.1) is 0 Å². The molecular formula is C13H14N2O3. The van der Waals surface area contributed by atoms with Crippen molar-refractivity contribution in [1.29, 1.82) is 0 Å². The van der Waals surface area contributed by atoms with Crippen molar-refractivity contribution >= 4 is 0 Å². The summed E-state index contributed by atoms with van der Waals surface area (Å²) in [7, 11) is 1.81. The van der Waals surface area contributed by atoms with E-state index in [0.29, 0.717) is 23.8 Å². The molecule has 1 N–H and O–H groups in total. The van der Waals surface area contributed by atoms with Gasteiger partial charge in [0.2, 0.25) is 0 Å². The van der Waals surface area contributed by atoms with E-state index in [0.717, 1.165) is 0 Å². The maximum atomic E-state index is 10.2. The van der Waals surface area contributed by atoms with Gasteiger partial charge in [-0.2, -0.15) is 5.10 Å². The second-order valence-electron chi connectivity index (χ2n) is 4.27. The molecule has 3 rings (SSSR count). The lowest BCUT2D eigenvalue weighted by Crippen LogP contribution is -2.35. The molecule has 0 spiro atoms. The molecule has 0 bridgehead atoms. The van der Waals surface area contributed by atoms with E-state index in [-0.39, 0.29) is 0 Å². The second-order valence-corrected chi connectivity index (χ2v) is 4.27. The number of aromatic nitrogens is 2. The summed E-state index contributed by atoms with van der Waals surface area (Å²) in [4.78, 5) is 0. The Hall–Kier alpha value is -2.01. The number of fused-ring (bicyclic) bond motifs is 1. The smallest absolute Gasteiger partial charge is 0.164 e. The van der Waals surface area contributed by atoms with E-state index in [4.69, 9.17) is 9.47 Å². The van der Waals surface area contributed by atoms with Gasteiger partial charge in [-0.05, 0) is 18.2 Å². The predicted molar refractivity (Wildman–Crippen MR) is 64.5 cm³/mol. The number of aliphatic hydroxyl groups is 1. The van der Waals surface area contributed by atoms with Crippen LogP contribution >= 0.6 is 0 Å². The van der Waals surface area contributed by atoms with Crippen LogP contribution in [0.5, 0.6) is 11.5 Å². The molecule has 2 atom stereocenters. The van der Waals surface area contributed by atoms with Gasteiger partial charge >= 0.3 is 0 Å². The highest BCUT2D eigenvalue weighted by Crippen LogP contribution is 2.33. The van der Waals surface area contributed by atoms with Crippen LogP contribution in [0.15, 0.2) is 36.5 Å². The molecule has 0 saturated heterocycles. The minimum absolute atomic E-state index is 0.314. The number of ether oxygens (including phenoxy) is 2. The number of nitrogens with zero attached hydrogens (tertiary/aromatic N) is 2. The molecule has 2 heterocycles. The normalized spacial score (nSPS) is 19.6. The van der Waals surface area contributed by atoms with Gasteiger partial charge in [-0.1, -0.05) is 12.1 Å². The standard InChI is InChI=1S/C13H14N2O3/c1-15-7-6-9(14-15)13(16)12-8-17-10-4-2-3-5-11(10)18-12/h2-7,12-13,16H,8H2,1H3. The zero-order valence-corrected chi connectivity index (χ0v) is 9.98. The average molecular weight is 246 g/mol. The highest BCUT2D eigenvalue weighted by molar-refractivity contribution is 5.40. The zero-order chi connectivity index (χ0) is 12.5. The first-order valence-electron chi connectivity index (χ1n) is 5.80. The highest BCUT2D eigenvalue weighted by Gasteiger charge is 2.29. The van der Waals surface area contributed by atoms with Gasteiger partial charge in [0, 0.05) is 13.2 Å². The Morgan fingerprint density at radius 1 is 1.33 bits per heavy atom. The molecule has 1 aromatic carbocycles. The molecule has 1 aliphatic rings. The van der Waals surface area contributed by atoms with Gasteiger partial charge in [0.25, 0.3) is 0 Å². The fourth-order valence-electron chi connectivity index (χ4n) is 1.97. The number of hydrogen-bond acceptors (Lipinski definition) is 4. The molecule has 1 aromatic heterocycles. The van der Waals surface area contributed by atoms with Gasteiger partial charge in [-0.3, -0.25) is 4.68 Å². The van der Waals surface area contributed by atoms with Crippen LogP contribution in [0.1, 0.15) is 11.8 Å². The maximum absolute atomic E-state index is 10.2. The van der Waals surface area contributed by atoms with Crippen LogP contribution in [0.25, 0.3) is 0 Å². The zero-order valence-electron chi connectivity index (χ0n) is 9.98. The molecule has 0 saturated carbocycles. The topological polar surface area (TPSA) is 56.5 Å². The van der Waals surface area contributed by atoms with Crippen molar-refractivity contribution in [2.45, 2.75) is 12.2 Å². The summed E-state index contributed by atoms with van der Waals surface area (Å²) in [6.45, 7) is 0.314. The SMILES string of the molecule is Cn1ccc(C(O)C2COc3ccccc3O2)n1. The Morgan fingerprint density at radius 3 is 2.83 bits per heavy atom. The molecule has 18 heavy (non-hydrogen) atoms. The third-order valence-electron chi connectivity index (χ3n) is 2.92. The minimum Gasteiger partial charge on any atom is -0.486 e. The van der Waals surface area contributed by atoms with Gasteiger partial charge in [0.15, 0.2) is 17.6 Å². The fraction of sp³-hybridized carbons (Fsp3) is 0.308. The molecule has 0 aliphatic carbocycles. The lowest BCUT2D eigenvalue weighted by Gasteiger charge is -2.28. The van der Waals surface area contributed by atoms with Crippen LogP contribution in [-0.4, -0.2) is 27.6 Å². The Labute approximate surface area is 105 Å². The van der Waals surface area contributed by atoms with Crippen molar-refractivity contribution < 1.29 is 14.6 Å². The molecule has 0 radical (unpaired) electrons. The van der Waals surface area contributed by atoms with E-state index in [2.05, 4.69) is 5.10 Å². The lowest BCUT2D eigenvalue weighted by atomic mass is 10.1. The summed E-state index contributed by atoms with van der Waals surface area (Å²) in [5.41, 5.74) is 0.588. The van der Waals surface area contributed by atoms with E-state index in [9.17, 15) is 5.11 Å². The van der Waals surface area contributed by atoms with Crippen molar-refractivity contribution in [3.8, 4) is 11.5 Å². The summed E-state index contributed by atoms with van der Waals surface area (Å²) in [6, 6.07) is 9.20. The summed E-state index contributed by atoms with van der Waals surface area (Å²) in [5, 5.41) is 14.4. The van der Waals surface area contributed by atoms with E-state index in [1.54, 1.807) is 16.9 Å². The largest absolute Gasteiger partial charge is 0.486 e. The van der Waals surface area contributed by atoms with Crippen molar-refractivity contribution in [1.82, 2.24) is 9.78 Å². The fourth-order valence-corrected chi connectivity index (χ4v) is 1.97. The summed E-state index contributed by atoms with van der Waals surface area (Å²) >= 11 is 0. The summed E-state index contributed by atoms with van der Waals surface area (Å²) in [6.07, 6.45) is 0.560. The van der Waals surface area contributed by atoms with E-state index in [1.807, 2.05) is 31.3 Å². The Morgan fingerprint density at radius 2 is 2.11 bits per heavy atom. The molecule has 0 fully saturated rings. The molecular weight excluding hydrogens is 232 g/mol. The molecule has 5 heteroatoms. The second kappa shape index (κ2) is 4.34. The Kier molecular flexibility index (Phi) is 2.68. The van der Waals surface area contributed by atoms with Crippen molar-refractivity contribution in [3.63, 3.8) is 0 Å². The van der Waals surface area contributed by atoms with E-state index >= 15 is 0 Å². The van der Waals surface area contributed by atoms with Crippen LogP contribution in [0.4, 0.5) is 0 Å². The number of rotatable bonds is 2. The first-order chi connectivity index (χ1) is 8.74.